The van der Waals surface area contributed by atoms with Gasteiger partial charge in [0.05, 0.1) is 10.3 Å². The largest absolute Gasteiger partial charge is 0.326 e. The number of sulfonamides is 1. The zero-order valence-corrected chi connectivity index (χ0v) is 19.1. The van der Waals surface area contributed by atoms with Crippen molar-refractivity contribution in [2.45, 2.75) is 42.9 Å². The highest BCUT2D eigenvalue weighted by Gasteiger charge is 2.42. The van der Waals surface area contributed by atoms with Gasteiger partial charge in [-0.1, -0.05) is 36.7 Å². The molecule has 3 N–H and O–H groups in total. The van der Waals surface area contributed by atoms with E-state index in [0.29, 0.717) is 23.6 Å². The molecule has 3 amide bonds. The lowest BCUT2D eigenvalue weighted by atomic mass is 9.72. The minimum absolute atomic E-state index is 0.0271. The van der Waals surface area contributed by atoms with Crippen LogP contribution in [0.4, 0.5) is 5.69 Å². The molecule has 0 saturated carbocycles. The maximum Gasteiger partial charge on any atom is 0.240 e. The summed E-state index contributed by atoms with van der Waals surface area (Å²) in [5, 5.41) is 5.41. The highest BCUT2D eigenvalue weighted by Crippen LogP contribution is 2.36. The van der Waals surface area contributed by atoms with Crippen molar-refractivity contribution in [3.8, 4) is 0 Å². The third kappa shape index (κ3) is 5.35. The predicted molar refractivity (Wildman–Crippen MR) is 121 cm³/mol. The average Bonchev–Trinajstić information content (AvgIpc) is 2.75. The number of hydrogen-bond acceptors (Lipinski definition) is 5. The second kappa shape index (κ2) is 9.81. The van der Waals surface area contributed by atoms with Crippen LogP contribution < -0.4 is 15.4 Å². The monoisotopic (exact) mass is 477 g/mol. The predicted octanol–water partition coefficient (Wildman–Crippen LogP) is 2.73. The first-order chi connectivity index (χ1) is 15.2. The molecule has 1 unspecified atom stereocenters. The second-order valence-corrected chi connectivity index (χ2v) is 9.75. The number of imide groups is 1. The van der Waals surface area contributed by atoms with Crippen molar-refractivity contribution in [2.75, 3.05) is 11.9 Å². The first kappa shape index (κ1) is 23.9. The smallest absolute Gasteiger partial charge is 0.240 e. The Labute approximate surface area is 191 Å². The van der Waals surface area contributed by atoms with Crippen molar-refractivity contribution >= 4 is 45.0 Å². The van der Waals surface area contributed by atoms with Crippen LogP contribution in [0.3, 0.4) is 0 Å². The van der Waals surface area contributed by atoms with Gasteiger partial charge in [-0.25, -0.2) is 13.1 Å². The van der Waals surface area contributed by atoms with Gasteiger partial charge >= 0.3 is 0 Å². The molecule has 0 aliphatic carbocycles. The number of hydrogen-bond donors (Lipinski definition) is 3. The molecule has 1 aliphatic rings. The zero-order valence-electron chi connectivity index (χ0n) is 17.5. The Hall–Kier alpha value is -2.75. The average molecular weight is 478 g/mol. The van der Waals surface area contributed by atoms with Crippen LogP contribution in [-0.4, -0.2) is 32.7 Å². The van der Waals surface area contributed by atoms with E-state index >= 15 is 0 Å². The van der Waals surface area contributed by atoms with Crippen LogP contribution in [-0.2, 0) is 29.8 Å². The molecule has 0 bridgehead atoms. The van der Waals surface area contributed by atoms with Crippen LogP contribution in [0.15, 0.2) is 53.4 Å². The molecule has 10 heteroatoms. The summed E-state index contributed by atoms with van der Waals surface area (Å²) in [7, 11) is -3.76. The molecule has 1 aliphatic heterocycles. The van der Waals surface area contributed by atoms with Crippen LogP contribution >= 0.6 is 11.6 Å². The van der Waals surface area contributed by atoms with Crippen LogP contribution in [0.2, 0.25) is 5.02 Å². The van der Waals surface area contributed by atoms with Crippen LogP contribution in [0.1, 0.15) is 38.2 Å². The molecule has 170 valence electrons. The lowest BCUT2D eigenvalue weighted by molar-refractivity contribution is -0.138. The molecule has 2 aromatic carbocycles. The number of anilines is 1. The summed E-state index contributed by atoms with van der Waals surface area (Å²) >= 11 is 5.83. The first-order valence-corrected chi connectivity index (χ1v) is 12.0. The van der Waals surface area contributed by atoms with Gasteiger partial charge in [0.1, 0.15) is 0 Å². The van der Waals surface area contributed by atoms with Gasteiger partial charge in [0.15, 0.2) is 0 Å². The third-order valence-corrected chi connectivity index (χ3v) is 7.24. The summed E-state index contributed by atoms with van der Waals surface area (Å²) in [4.78, 5) is 36.2. The minimum Gasteiger partial charge on any atom is -0.326 e. The first-order valence-electron chi connectivity index (χ1n) is 10.2. The Morgan fingerprint density at radius 2 is 1.88 bits per heavy atom. The van der Waals surface area contributed by atoms with Crippen molar-refractivity contribution in [3.63, 3.8) is 0 Å². The number of halogens is 1. The topological polar surface area (TPSA) is 121 Å². The van der Waals surface area contributed by atoms with Gasteiger partial charge in [-0.15, -0.1) is 0 Å². The van der Waals surface area contributed by atoms with E-state index in [1.54, 1.807) is 30.3 Å². The van der Waals surface area contributed by atoms with Crippen molar-refractivity contribution in [1.82, 2.24) is 10.0 Å². The Balaban J connectivity index is 1.57. The number of amides is 3. The zero-order chi connectivity index (χ0) is 23.4. The van der Waals surface area contributed by atoms with E-state index in [4.69, 9.17) is 11.6 Å². The van der Waals surface area contributed by atoms with Crippen LogP contribution in [0, 0.1) is 0 Å². The van der Waals surface area contributed by atoms with E-state index in [2.05, 4.69) is 15.4 Å². The van der Waals surface area contributed by atoms with E-state index in [0.717, 1.165) is 5.56 Å². The summed E-state index contributed by atoms with van der Waals surface area (Å²) in [6, 6.07) is 12.7. The Bertz CT molecular complexity index is 1130. The van der Waals surface area contributed by atoms with Gasteiger partial charge in [-0.05, 0) is 48.7 Å². The number of carbonyl (C=O) groups excluding carboxylic acids is 3. The molecule has 32 heavy (non-hydrogen) atoms. The van der Waals surface area contributed by atoms with E-state index in [1.165, 1.54) is 18.2 Å². The molecule has 8 nitrogen and oxygen atoms in total. The fourth-order valence-corrected chi connectivity index (χ4v) is 5.01. The summed E-state index contributed by atoms with van der Waals surface area (Å²) in [5.74, 6) is -0.938. The van der Waals surface area contributed by atoms with Crippen molar-refractivity contribution in [2.24, 2.45) is 0 Å². The molecule has 0 radical (unpaired) electrons. The van der Waals surface area contributed by atoms with E-state index in [-0.39, 0.29) is 42.0 Å². The molecule has 1 heterocycles. The van der Waals surface area contributed by atoms with Gasteiger partial charge in [0, 0.05) is 30.1 Å². The molecule has 2 aromatic rings. The van der Waals surface area contributed by atoms with Gasteiger partial charge in [0.2, 0.25) is 27.7 Å². The van der Waals surface area contributed by atoms with Gasteiger partial charge in [-0.3, -0.25) is 19.7 Å². The molecule has 0 aromatic heterocycles. The lowest BCUT2D eigenvalue weighted by Gasteiger charge is -2.35. The third-order valence-electron chi connectivity index (χ3n) is 5.54. The maximum atomic E-state index is 12.5. The molecular weight excluding hydrogens is 454 g/mol. The van der Waals surface area contributed by atoms with Crippen molar-refractivity contribution in [3.05, 3.63) is 59.1 Å². The summed E-state index contributed by atoms with van der Waals surface area (Å²) in [5.41, 5.74) is 0.530. The van der Waals surface area contributed by atoms with Crippen molar-refractivity contribution in [1.29, 1.82) is 0 Å². The molecule has 0 spiro atoms. The quantitative estimate of drug-likeness (QED) is 0.505. The molecule has 1 fully saturated rings. The number of benzene rings is 2. The lowest BCUT2D eigenvalue weighted by Crippen LogP contribution is -2.51. The Morgan fingerprint density at radius 3 is 2.50 bits per heavy atom. The Morgan fingerprint density at radius 1 is 1.16 bits per heavy atom. The minimum atomic E-state index is -3.76. The van der Waals surface area contributed by atoms with E-state index < -0.39 is 15.4 Å². The molecular formula is C22H24ClN3O5S. The van der Waals surface area contributed by atoms with E-state index in [9.17, 15) is 22.8 Å². The fraction of sp³-hybridized carbons (Fsp3) is 0.318. The highest BCUT2D eigenvalue weighted by atomic mass is 35.5. The van der Waals surface area contributed by atoms with E-state index in [1.807, 2.05) is 6.92 Å². The summed E-state index contributed by atoms with van der Waals surface area (Å²) < 4.78 is 26.9. The van der Waals surface area contributed by atoms with Gasteiger partial charge in [-0.2, -0.15) is 0 Å². The number of rotatable bonds is 8. The fourth-order valence-electron chi connectivity index (χ4n) is 3.68. The standard InChI is InChI=1S/C22H24ClN3O5S/c1-2-22(12-10-19(27)26-21(22)29)15-6-8-17(9-7-15)25-20(28)11-13-24-32(30,31)18-5-3-4-16(23)14-18/h3-9,14,24H,2,10-13H2,1H3,(H,25,28)(H,26,27,29). The van der Waals surface area contributed by atoms with Gasteiger partial charge in [0.25, 0.3) is 0 Å². The number of piperidine rings is 1. The summed E-state index contributed by atoms with van der Waals surface area (Å²) in [6.07, 6.45) is 1.20. The van der Waals surface area contributed by atoms with Crippen molar-refractivity contribution < 1.29 is 22.8 Å². The normalized spacial score (nSPS) is 18.8. The SMILES string of the molecule is CCC1(c2ccc(NC(=O)CCNS(=O)(=O)c3cccc(Cl)c3)cc2)CCC(=O)NC1=O. The molecule has 1 saturated heterocycles. The summed E-state index contributed by atoms with van der Waals surface area (Å²) in [6.45, 7) is 1.82. The number of nitrogens with one attached hydrogen (secondary N) is 3. The van der Waals surface area contributed by atoms with Crippen LogP contribution in [0.25, 0.3) is 0 Å². The molecule has 1 atom stereocenters. The van der Waals surface area contributed by atoms with Gasteiger partial charge < -0.3 is 5.32 Å². The molecule has 3 rings (SSSR count). The second-order valence-electron chi connectivity index (χ2n) is 7.54. The van der Waals surface area contributed by atoms with Crippen LogP contribution in [0.5, 0.6) is 0 Å². The highest BCUT2D eigenvalue weighted by molar-refractivity contribution is 7.89. The Kier molecular flexibility index (Phi) is 7.33. The number of carbonyl (C=O) groups is 3. The maximum absolute atomic E-state index is 12.5.